The number of ketones is 1. The molecule has 1 aliphatic rings. The predicted octanol–water partition coefficient (Wildman–Crippen LogP) is 4.04. The maximum Gasteiger partial charge on any atom is 0.338 e. The van der Waals surface area contributed by atoms with Crippen LogP contribution in [0.1, 0.15) is 66.9 Å². The number of Topliss-reactive ketones (excluding diaryl/α,β-unsaturated/α-hetero) is 1. The van der Waals surface area contributed by atoms with Gasteiger partial charge in [-0.15, -0.1) is 0 Å². The fourth-order valence-corrected chi connectivity index (χ4v) is 3.85. The maximum absolute atomic E-state index is 13.0. The van der Waals surface area contributed by atoms with Gasteiger partial charge < -0.3 is 10.1 Å². The molecule has 1 atom stereocenters. The fraction of sp³-hybridized carbons (Fsp3) is 0.148. The number of hydrogen-bond donors (Lipinski definition) is 1. The lowest BCUT2D eigenvalue weighted by molar-refractivity contribution is -0.119. The molecule has 8 heteroatoms. The number of fused-ring (bicyclic) bond motifs is 1. The van der Waals surface area contributed by atoms with Crippen molar-refractivity contribution >= 4 is 35.2 Å². The van der Waals surface area contributed by atoms with Gasteiger partial charge >= 0.3 is 5.97 Å². The third kappa shape index (κ3) is 4.86. The summed E-state index contributed by atoms with van der Waals surface area (Å²) in [5.41, 5.74) is 2.00. The van der Waals surface area contributed by atoms with Crippen LogP contribution in [0.2, 0.25) is 0 Å². The number of carbonyl (C=O) groups excluding carboxylic acids is 5. The number of nitrogens with one attached hydrogen (secondary N) is 1. The molecular weight excluding hydrogens is 448 g/mol. The van der Waals surface area contributed by atoms with Crippen molar-refractivity contribution in [3.8, 4) is 0 Å². The molecule has 0 saturated heterocycles. The minimum Gasteiger partial charge on any atom is -0.452 e. The van der Waals surface area contributed by atoms with Crippen LogP contribution in [0, 0.1) is 0 Å². The van der Waals surface area contributed by atoms with E-state index in [0.29, 0.717) is 11.3 Å². The first-order valence-electron chi connectivity index (χ1n) is 10.9. The first kappa shape index (κ1) is 23.6. The Morgan fingerprint density at radius 2 is 1.57 bits per heavy atom. The number of hydrogen-bond acceptors (Lipinski definition) is 6. The lowest BCUT2D eigenvalue weighted by Gasteiger charge is -2.22. The van der Waals surface area contributed by atoms with Crippen LogP contribution in [0.4, 0.5) is 5.69 Å². The van der Waals surface area contributed by atoms with Crippen LogP contribution in [-0.2, 0) is 9.53 Å². The average Bonchev–Trinajstić information content (AvgIpc) is 3.12. The molecule has 0 spiro atoms. The second-order valence-corrected chi connectivity index (χ2v) is 8.09. The summed E-state index contributed by atoms with van der Waals surface area (Å²) in [6.45, 7) is 2.61. The number of benzene rings is 3. The second-order valence-electron chi connectivity index (χ2n) is 8.09. The Hall–Kier alpha value is -4.59. The molecule has 35 heavy (non-hydrogen) atoms. The highest BCUT2D eigenvalue weighted by atomic mass is 16.5. The van der Waals surface area contributed by atoms with Crippen LogP contribution < -0.4 is 5.32 Å². The van der Waals surface area contributed by atoms with Crippen LogP contribution >= 0.6 is 0 Å². The van der Waals surface area contributed by atoms with Gasteiger partial charge in [-0.1, -0.05) is 42.5 Å². The first-order chi connectivity index (χ1) is 16.8. The number of esters is 1. The van der Waals surface area contributed by atoms with Gasteiger partial charge in [-0.3, -0.25) is 24.1 Å². The molecule has 0 radical (unpaired) electrons. The molecule has 0 aromatic heterocycles. The second kappa shape index (κ2) is 9.72. The van der Waals surface area contributed by atoms with E-state index >= 15 is 0 Å². The first-order valence-corrected chi connectivity index (χ1v) is 10.9. The van der Waals surface area contributed by atoms with Crippen LogP contribution in [0.25, 0.3) is 0 Å². The highest BCUT2D eigenvalue weighted by Crippen LogP contribution is 2.31. The molecule has 1 heterocycles. The largest absolute Gasteiger partial charge is 0.452 e. The molecule has 1 N–H and O–H groups in total. The van der Waals surface area contributed by atoms with Crippen LogP contribution in [0.5, 0.6) is 0 Å². The van der Waals surface area contributed by atoms with Crippen molar-refractivity contribution in [2.45, 2.75) is 19.9 Å². The summed E-state index contributed by atoms with van der Waals surface area (Å²) < 4.78 is 5.08. The normalized spacial score (nSPS) is 13.3. The smallest absolute Gasteiger partial charge is 0.338 e. The zero-order chi connectivity index (χ0) is 25.1. The summed E-state index contributed by atoms with van der Waals surface area (Å²) >= 11 is 0. The van der Waals surface area contributed by atoms with E-state index in [2.05, 4.69) is 5.32 Å². The highest BCUT2D eigenvalue weighted by Gasteiger charge is 2.39. The van der Waals surface area contributed by atoms with Gasteiger partial charge in [0.2, 0.25) is 0 Å². The zero-order valence-electron chi connectivity index (χ0n) is 19.1. The Morgan fingerprint density at radius 1 is 0.857 bits per heavy atom. The molecule has 0 aliphatic carbocycles. The number of anilines is 1. The van der Waals surface area contributed by atoms with Crippen molar-refractivity contribution in [2.75, 3.05) is 11.9 Å². The topological polar surface area (TPSA) is 110 Å². The lowest BCUT2D eigenvalue weighted by atomic mass is 10.1. The van der Waals surface area contributed by atoms with Crippen LogP contribution in [-0.4, -0.2) is 41.0 Å². The third-order valence-electron chi connectivity index (χ3n) is 5.71. The molecule has 3 amide bonds. The van der Waals surface area contributed by atoms with Gasteiger partial charge in [0, 0.05) is 11.3 Å². The fourth-order valence-electron chi connectivity index (χ4n) is 3.85. The number of rotatable bonds is 7. The molecule has 3 aromatic rings. The van der Waals surface area contributed by atoms with E-state index in [9.17, 15) is 24.0 Å². The van der Waals surface area contributed by atoms with E-state index < -0.39 is 36.3 Å². The lowest BCUT2D eigenvalue weighted by Crippen LogP contribution is -2.32. The summed E-state index contributed by atoms with van der Waals surface area (Å²) in [6, 6.07) is 19.2. The highest BCUT2D eigenvalue weighted by molar-refractivity contribution is 6.22. The number of nitrogens with zero attached hydrogens (tertiary/aromatic N) is 1. The van der Waals surface area contributed by atoms with Gasteiger partial charge in [0.25, 0.3) is 17.7 Å². The van der Waals surface area contributed by atoms with Gasteiger partial charge in [0.05, 0.1) is 22.7 Å². The quantitative estimate of drug-likeness (QED) is 0.317. The standard InChI is InChI=1S/C27H22N2O6/c1-16(18-7-4-3-5-8-18)29-25(32)22-12-11-20(14-23(22)26(29)33)27(34)35-15-24(31)28-21-10-6-9-19(13-21)17(2)30/h3-14,16H,15H2,1-2H3,(H,28,31)/t16-/m0/s1. The van der Waals surface area contributed by atoms with E-state index in [1.807, 2.05) is 30.3 Å². The minimum atomic E-state index is -0.810. The number of carbonyl (C=O) groups is 5. The Balaban J connectivity index is 1.42. The molecule has 3 aromatic carbocycles. The Labute approximate surface area is 201 Å². The Morgan fingerprint density at radius 3 is 2.29 bits per heavy atom. The minimum absolute atomic E-state index is 0.0468. The molecule has 8 nitrogen and oxygen atoms in total. The monoisotopic (exact) mass is 470 g/mol. The summed E-state index contributed by atoms with van der Waals surface area (Å²) in [6.07, 6.45) is 0. The van der Waals surface area contributed by atoms with Crippen molar-refractivity contribution < 1.29 is 28.7 Å². The van der Waals surface area contributed by atoms with E-state index in [-0.39, 0.29) is 22.5 Å². The molecule has 1 aliphatic heterocycles. The SMILES string of the molecule is CC(=O)c1cccc(NC(=O)COC(=O)c2ccc3c(c2)C(=O)N([C@@H](C)c2ccccc2)C3=O)c1. The average molecular weight is 470 g/mol. The van der Waals surface area contributed by atoms with E-state index in [1.54, 1.807) is 25.1 Å². The van der Waals surface area contributed by atoms with Crippen molar-refractivity contribution in [3.05, 3.63) is 101 Å². The van der Waals surface area contributed by atoms with Gasteiger partial charge in [0.15, 0.2) is 12.4 Å². The van der Waals surface area contributed by atoms with Crippen LogP contribution in [0.15, 0.2) is 72.8 Å². The summed E-state index contributed by atoms with van der Waals surface area (Å²) in [5, 5.41) is 2.56. The molecule has 0 unspecified atom stereocenters. The molecule has 0 saturated carbocycles. The molecular formula is C27H22N2O6. The van der Waals surface area contributed by atoms with Gasteiger partial charge in [-0.2, -0.15) is 0 Å². The van der Waals surface area contributed by atoms with E-state index in [0.717, 1.165) is 10.5 Å². The maximum atomic E-state index is 13.0. The molecule has 0 bridgehead atoms. The van der Waals surface area contributed by atoms with Gasteiger partial charge in [0.1, 0.15) is 0 Å². The van der Waals surface area contributed by atoms with Crippen molar-refractivity contribution in [2.24, 2.45) is 0 Å². The van der Waals surface area contributed by atoms with Gasteiger partial charge in [-0.25, -0.2) is 4.79 Å². The molecule has 176 valence electrons. The Kier molecular flexibility index (Phi) is 6.55. The zero-order valence-corrected chi connectivity index (χ0v) is 19.1. The van der Waals surface area contributed by atoms with Gasteiger partial charge in [-0.05, 0) is 49.7 Å². The van der Waals surface area contributed by atoms with Crippen LogP contribution in [0.3, 0.4) is 0 Å². The Bertz CT molecular complexity index is 1350. The molecule has 4 rings (SSSR count). The van der Waals surface area contributed by atoms with E-state index in [4.69, 9.17) is 4.74 Å². The third-order valence-corrected chi connectivity index (χ3v) is 5.71. The van der Waals surface area contributed by atoms with E-state index in [1.165, 1.54) is 31.2 Å². The number of imide groups is 1. The summed E-state index contributed by atoms with van der Waals surface area (Å²) in [7, 11) is 0. The number of amides is 3. The molecule has 0 fully saturated rings. The van der Waals surface area contributed by atoms with Crippen molar-refractivity contribution in [1.82, 2.24) is 4.90 Å². The summed E-state index contributed by atoms with van der Waals surface area (Å²) in [4.78, 5) is 63.2. The van der Waals surface area contributed by atoms with Crippen molar-refractivity contribution in [3.63, 3.8) is 0 Å². The van der Waals surface area contributed by atoms with Crippen molar-refractivity contribution in [1.29, 1.82) is 0 Å². The predicted molar refractivity (Wildman–Crippen MR) is 127 cm³/mol. The number of ether oxygens (including phenoxy) is 1. The summed E-state index contributed by atoms with van der Waals surface area (Å²) in [5.74, 6) is -2.48.